The molecule has 1 aromatic carbocycles. The lowest BCUT2D eigenvalue weighted by Gasteiger charge is -1.98. The number of pyridine rings is 1. The molecule has 0 saturated heterocycles. The Hall–Kier alpha value is -1.59. The Morgan fingerprint density at radius 2 is 1.89 bits per heavy atom. The second-order valence-corrected chi connectivity index (χ2v) is 5.67. The Morgan fingerprint density at radius 1 is 1.11 bits per heavy atom. The van der Waals surface area contributed by atoms with Crippen molar-refractivity contribution in [2.45, 2.75) is 0 Å². The van der Waals surface area contributed by atoms with E-state index in [9.17, 15) is 4.39 Å². The number of hydrogen-bond donors (Lipinski definition) is 0. The number of benzene rings is 1. The van der Waals surface area contributed by atoms with Crippen molar-refractivity contribution in [2.24, 2.45) is 0 Å². The Balaban J connectivity index is 2.00. The summed E-state index contributed by atoms with van der Waals surface area (Å²) >= 11 is 4.82. The van der Waals surface area contributed by atoms with Gasteiger partial charge in [-0.1, -0.05) is 28.1 Å². The Morgan fingerprint density at radius 3 is 2.63 bits per heavy atom. The summed E-state index contributed by atoms with van der Waals surface area (Å²) in [6.07, 6.45) is 2.77. The average Bonchev–Trinajstić information content (AvgIpc) is 2.89. The van der Waals surface area contributed by atoms with Gasteiger partial charge in [0.2, 0.25) is 0 Å². The lowest BCUT2D eigenvalue weighted by atomic mass is 10.2. The number of halogens is 2. The molecule has 0 spiro atoms. The maximum absolute atomic E-state index is 13.6. The molecule has 2 nitrogen and oxygen atoms in total. The first-order valence-corrected chi connectivity index (χ1v) is 7.22. The van der Waals surface area contributed by atoms with E-state index in [2.05, 4.69) is 25.9 Å². The van der Waals surface area contributed by atoms with Crippen molar-refractivity contribution in [3.63, 3.8) is 0 Å². The molecule has 0 radical (unpaired) electrons. The minimum Gasteiger partial charge on any atom is -0.262 e. The number of nitrogens with zero attached hydrogens (tertiary/aromatic N) is 2. The molecule has 0 saturated carbocycles. The molecule has 0 N–H and O–H groups in total. The molecule has 2 heterocycles. The monoisotopic (exact) mass is 334 g/mol. The molecule has 19 heavy (non-hydrogen) atoms. The van der Waals surface area contributed by atoms with Crippen LogP contribution in [0, 0.1) is 5.82 Å². The fourth-order valence-corrected chi connectivity index (χ4v) is 2.82. The van der Waals surface area contributed by atoms with Crippen molar-refractivity contribution >= 4 is 27.3 Å². The van der Waals surface area contributed by atoms with Crippen LogP contribution in [-0.4, -0.2) is 9.97 Å². The van der Waals surface area contributed by atoms with Crippen molar-refractivity contribution in [3.8, 4) is 21.8 Å². The zero-order valence-electron chi connectivity index (χ0n) is 9.68. The van der Waals surface area contributed by atoms with E-state index in [4.69, 9.17) is 0 Å². The van der Waals surface area contributed by atoms with Crippen LogP contribution in [0.15, 0.2) is 52.6 Å². The van der Waals surface area contributed by atoms with Gasteiger partial charge < -0.3 is 0 Å². The van der Waals surface area contributed by atoms with Gasteiger partial charge in [0.1, 0.15) is 5.01 Å². The van der Waals surface area contributed by atoms with E-state index in [1.54, 1.807) is 12.3 Å². The van der Waals surface area contributed by atoms with Gasteiger partial charge in [-0.25, -0.2) is 9.37 Å². The standard InChI is InChI=1S/C14H8BrFN2S/c15-10-3-1-9(2-4-10)13-8-19-14(18-13)11-5-6-17-7-12(11)16/h1-8H. The average molecular weight is 335 g/mol. The number of hydrogen-bond acceptors (Lipinski definition) is 3. The lowest BCUT2D eigenvalue weighted by Crippen LogP contribution is -1.85. The van der Waals surface area contributed by atoms with E-state index in [0.29, 0.717) is 10.6 Å². The minimum absolute atomic E-state index is 0.348. The highest BCUT2D eigenvalue weighted by Gasteiger charge is 2.10. The lowest BCUT2D eigenvalue weighted by molar-refractivity contribution is 0.625. The van der Waals surface area contributed by atoms with Gasteiger partial charge in [-0.15, -0.1) is 11.3 Å². The first-order chi connectivity index (χ1) is 9.24. The van der Waals surface area contributed by atoms with Crippen LogP contribution in [0.25, 0.3) is 21.8 Å². The van der Waals surface area contributed by atoms with Gasteiger partial charge in [0.15, 0.2) is 5.82 Å². The van der Waals surface area contributed by atoms with Crippen LogP contribution in [0.1, 0.15) is 0 Å². The number of aromatic nitrogens is 2. The maximum atomic E-state index is 13.6. The molecule has 0 fully saturated rings. The van der Waals surface area contributed by atoms with E-state index >= 15 is 0 Å². The van der Waals surface area contributed by atoms with Gasteiger partial charge in [-0.05, 0) is 18.2 Å². The molecule has 0 amide bonds. The highest BCUT2D eigenvalue weighted by molar-refractivity contribution is 9.10. The van der Waals surface area contributed by atoms with Crippen molar-refractivity contribution in [1.82, 2.24) is 9.97 Å². The molecule has 0 aliphatic heterocycles. The number of thiazole rings is 1. The second kappa shape index (κ2) is 5.19. The summed E-state index contributed by atoms with van der Waals surface area (Å²) in [4.78, 5) is 8.22. The fourth-order valence-electron chi connectivity index (χ4n) is 1.70. The molecular formula is C14H8BrFN2S. The SMILES string of the molecule is Fc1cnccc1-c1nc(-c2ccc(Br)cc2)cs1. The fraction of sp³-hybridized carbons (Fsp3) is 0. The van der Waals surface area contributed by atoms with Gasteiger partial charge in [0, 0.05) is 27.2 Å². The van der Waals surface area contributed by atoms with Crippen LogP contribution >= 0.6 is 27.3 Å². The second-order valence-electron chi connectivity index (χ2n) is 3.90. The van der Waals surface area contributed by atoms with Crippen LogP contribution in [0.4, 0.5) is 4.39 Å². The largest absolute Gasteiger partial charge is 0.262 e. The van der Waals surface area contributed by atoms with E-state index in [-0.39, 0.29) is 5.82 Å². The molecular weight excluding hydrogens is 327 g/mol. The molecule has 2 aromatic heterocycles. The molecule has 5 heteroatoms. The first-order valence-electron chi connectivity index (χ1n) is 5.55. The highest BCUT2D eigenvalue weighted by atomic mass is 79.9. The summed E-state index contributed by atoms with van der Waals surface area (Å²) in [5.74, 6) is -0.348. The van der Waals surface area contributed by atoms with Crippen LogP contribution in [0.5, 0.6) is 0 Å². The van der Waals surface area contributed by atoms with E-state index in [1.807, 2.05) is 29.6 Å². The summed E-state index contributed by atoms with van der Waals surface area (Å²) < 4.78 is 14.7. The Labute approximate surface area is 122 Å². The normalized spacial score (nSPS) is 10.6. The van der Waals surface area contributed by atoms with Crippen LogP contribution in [0.3, 0.4) is 0 Å². The first kappa shape index (κ1) is 12.4. The minimum atomic E-state index is -0.348. The third-order valence-electron chi connectivity index (χ3n) is 2.65. The van der Waals surface area contributed by atoms with Crippen molar-refractivity contribution in [3.05, 3.63) is 58.4 Å². The highest BCUT2D eigenvalue weighted by Crippen LogP contribution is 2.30. The predicted octanol–water partition coefficient (Wildman–Crippen LogP) is 4.77. The van der Waals surface area contributed by atoms with Gasteiger partial charge >= 0.3 is 0 Å². The van der Waals surface area contributed by atoms with Crippen molar-refractivity contribution in [2.75, 3.05) is 0 Å². The van der Waals surface area contributed by atoms with Crippen LogP contribution < -0.4 is 0 Å². The molecule has 3 rings (SSSR count). The zero-order chi connectivity index (χ0) is 13.2. The summed E-state index contributed by atoms with van der Waals surface area (Å²) in [6, 6.07) is 9.51. The summed E-state index contributed by atoms with van der Waals surface area (Å²) in [6.45, 7) is 0. The topological polar surface area (TPSA) is 25.8 Å². The third kappa shape index (κ3) is 2.57. The van der Waals surface area contributed by atoms with Crippen molar-refractivity contribution in [1.29, 1.82) is 0 Å². The van der Waals surface area contributed by atoms with Gasteiger partial charge in [0.05, 0.1) is 11.9 Å². The molecule has 0 unspecified atom stereocenters. The molecule has 3 aromatic rings. The van der Waals surface area contributed by atoms with Gasteiger partial charge in [-0.2, -0.15) is 0 Å². The Kier molecular flexibility index (Phi) is 3.40. The smallest absolute Gasteiger partial charge is 0.151 e. The molecule has 0 atom stereocenters. The van der Waals surface area contributed by atoms with Crippen LogP contribution in [0.2, 0.25) is 0 Å². The quantitative estimate of drug-likeness (QED) is 0.674. The molecule has 0 aliphatic carbocycles. The van der Waals surface area contributed by atoms with Crippen LogP contribution in [-0.2, 0) is 0 Å². The molecule has 0 aliphatic rings. The van der Waals surface area contributed by atoms with Crippen molar-refractivity contribution < 1.29 is 4.39 Å². The third-order valence-corrected chi connectivity index (χ3v) is 4.05. The summed E-state index contributed by atoms with van der Waals surface area (Å²) in [7, 11) is 0. The van der Waals surface area contributed by atoms with Gasteiger partial charge in [-0.3, -0.25) is 4.98 Å². The predicted molar refractivity (Wildman–Crippen MR) is 78.4 cm³/mol. The maximum Gasteiger partial charge on any atom is 0.151 e. The molecule has 0 bridgehead atoms. The van der Waals surface area contributed by atoms with E-state index < -0.39 is 0 Å². The zero-order valence-corrected chi connectivity index (χ0v) is 12.1. The number of rotatable bonds is 2. The van der Waals surface area contributed by atoms with E-state index in [1.165, 1.54) is 17.5 Å². The molecule has 94 valence electrons. The van der Waals surface area contributed by atoms with Gasteiger partial charge in [0.25, 0.3) is 0 Å². The summed E-state index contributed by atoms with van der Waals surface area (Å²) in [5, 5.41) is 2.59. The Bertz CT molecular complexity index is 709. The van der Waals surface area contributed by atoms with E-state index in [0.717, 1.165) is 15.7 Å². The summed E-state index contributed by atoms with van der Waals surface area (Å²) in [5.41, 5.74) is 2.35.